The Balaban J connectivity index is 2.85. The van der Waals surface area contributed by atoms with Crippen molar-refractivity contribution in [3.63, 3.8) is 0 Å². The van der Waals surface area contributed by atoms with Crippen molar-refractivity contribution in [2.75, 3.05) is 0 Å². The Morgan fingerprint density at radius 2 is 1.88 bits per heavy atom. The Kier molecular flexibility index (Phi) is 4.30. The molecule has 1 rings (SSSR count). The molecule has 1 unspecified atom stereocenters. The van der Waals surface area contributed by atoms with Crippen LogP contribution in [0.4, 0.5) is 0 Å². The Bertz CT molecular complexity index is 378. The molecule has 1 aromatic rings. The molecule has 0 fully saturated rings. The Morgan fingerprint density at radius 1 is 1.38 bits per heavy atom. The maximum Gasteiger partial charge on any atom is 0.116 e. The number of rotatable bonds is 4. The third kappa shape index (κ3) is 3.49. The molecule has 16 heavy (non-hydrogen) atoms. The van der Waals surface area contributed by atoms with E-state index in [2.05, 4.69) is 6.92 Å². The Labute approximate surface area is 102 Å². The van der Waals surface area contributed by atoms with E-state index in [4.69, 9.17) is 18.0 Å². The van der Waals surface area contributed by atoms with Gasteiger partial charge in [-0.3, -0.25) is 0 Å². The summed E-state index contributed by atoms with van der Waals surface area (Å²) < 4.78 is 0. The number of aromatic hydroxyl groups is 1. The van der Waals surface area contributed by atoms with Gasteiger partial charge in [-0.05, 0) is 55.0 Å². The average Bonchev–Trinajstić information content (AvgIpc) is 2.09. The molecule has 0 saturated carbocycles. The molecule has 0 bridgehead atoms. The summed E-state index contributed by atoms with van der Waals surface area (Å²) in [5.74, 6) is 0.778. The van der Waals surface area contributed by atoms with E-state index in [1.807, 2.05) is 13.8 Å². The average molecular weight is 237 g/mol. The Morgan fingerprint density at radius 3 is 2.31 bits per heavy atom. The fraction of sp³-hybridized carbons (Fsp3) is 0.462. The molecule has 0 radical (unpaired) electrons. The van der Waals surface area contributed by atoms with Crippen LogP contribution in [0.1, 0.15) is 30.0 Å². The normalized spacial score (nSPS) is 12.4. The van der Waals surface area contributed by atoms with Gasteiger partial charge < -0.3 is 10.8 Å². The van der Waals surface area contributed by atoms with Crippen LogP contribution >= 0.6 is 12.2 Å². The molecule has 0 amide bonds. The highest BCUT2D eigenvalue weighted by Crippen LogP contribution is 2.24. The summed E-state index contributed by atoms with van der Waals surface area (Å²) >= 11 is 4.91. The minimum atomic E-state index is 0.334. The summed E-state index contributed by atoms with van der Waals surface area (Å²) in [6.45, 7) is 6.19. The third-order valence-electron chi connectivity index (χ3n) is 2.78. The molecule has 0 aliphatic heterocycles. The van der Waals surface area contributed by atoms with Crippen molar-refractivity contribution < 1.29 is 5.11 Å². The van der Waals surface area contributed by atoms with Crippen LogP contribution in [0.2, 0.25) is 0 Å². The molecule has 3 heteroatoms. The van der Waals surface area contributed by atoms with E-state index in [0.717, 1.165) is 24.0 Å². The zero-order valence-corrected chi connectivity index (χ0v) is 10.9. The van der Waals surface area contributed by atoms with Crippen molar-refractivity contribution in [1.29, 1.82) is 0 Å². The lowest BCUT2D eigenvalue weighted by Gasteiger charge is -2.15. The zero-order chi connectivity index (χ0) is 12.3. The summed E-state index contributed by atoms with van der Waals surface area (Å²) in [5, 5.41) is 9.46. The number of hydrogen-bond donors (Lipinski definition) is 2. The largest absolute Gasteiger partial charge is 0.508 e. The minimum Gasteiger partial charge on any atom is -0.508 e. The predicted molar refractivity (Wildman–Crippen MR) is 71.9 cm³/mol. The van der Waals surface area contributed by atoms with Crippen molar-refractivity contribution in [3.05, 3.63) is 28.8 Å². The number of benzene rings is 1. The highest BCUT2D eigenvalue weighted by molar-refractivity contribution is 7.80. The van der Waals surface area contributed by atoms with E-state index in [-0.39, 0.29) is 0 Å². The van der Waals surface area contributed by atoms with Crippen LogP contribution in [0.5, 0.6) is 5.75 Å². The number of phenolic OH excluding ortho intramolecular Hbond substituents is 1. The predicted octanol–water partition coefficient (Wildman–Crippen LogP) is 2.86. The van der Waals surface area contributed by atoms with Crippen molar-refractivity contribution in [1.82, 2.24) is 0 Å². The number of phenols is 1. The molecule has 0 heterocycles. The topological polar surface area (TPSA) is 46.2 Å². The van der Waals surface area contributed by atoms with Gasteiger partial charge in [0, 0.05) is 6.42 Å². The maximum absolute atomic E-state index is 9.46. The van der Waals surface area contributed by atoms with Gasteiger partial charge in [-0.15, -0.1) is 0 Å². The first-order valence-corrected chi connectivity index (χ1v) is 5.88. The molecule has 88 valence electrons. The molecular formula is C13H19NOS. The highest BCUT2D eigenvalue weighted by atomic mass is 32.1. The minimum absolute atomic E-state index is 0.334. The second-order valence-corrected chi connectivity index (χ2v) is 5.06. The number of nitrogens with two attached hydrogens (primary N) is 1. The molecule has 1 atom stereocenters. The van der Waals surface area contributed by atoms with Gasteiger partial charge in [0.1, 0.15) is 5.75 Å². The quantitative estimate of drug-likeness (QED) is 0.792. The highest BCUT2D eigenvalue weighted by Gasteiger charge is 2.10. The smallest absolute Gasteiger partial charge is 0.116 e. The van der Waals surface area contributed by atoms with Crippen molar-refractivity contribution in [2.45, 2.75) is 33.6 Å². The second kappa shape index (κ2) is 5.30. The van der Waals surface area contributed by atoms with Gasteiger partial charge in [0.05, 0.1) is 4.99 Å². The van der Waals surface area contributed by atoms with Gasteiger partial charge in [0.25, 0.3) is 0 Å². The second-order valence-electron chi connectivity index (χ2n) is 4.54. The van der Waals surface area contributed by atoms with Crippen molar-refractivity contribution in [2.24, 2.45) is 11.7 Å². The molecule has 0 aliphatic carbocycles. The van der Waals surface area contributed by atoms with Gasteiger partial charge in [0.15, 0.2) is 0 Å². The monoisotopic (exact) mass is 237 g/mol. The molecular weight excluding hydrogens is 218 g/mol. The number of hydrogen-bond acceptors (Lipinski definition) is 2. The molecule has 3 N–H and O–H groups in total. The number of aryl methyl sites for hydroxylation is 2. The van der Waals surface area contributed by atoms with Crippen molar-refractivity contribution >= 4 is 17.2 Å². The maximum atomic E-state index is 9.46. The first kappa shape index (κ1) is 13.0. The zero-order valence-electron chi connectivity index (χ0n) is 10.1. The van der Waals surface area contributed by atoms with Crippen LogP contribution in [0.3, 0.4) is 0 Å². The summed E-state index contributed by atoms with van der Waals surface area (Å²) in [4.78, 5) is 0.571. The fourth-order valence-corrected chi connectivity index (χ4v) is 2.34. The van der Waals surface area contributed by atoms with E-state index >= 15 is 0 Å². The van der Waals surface area contributed by atoms with Crippen LogP contribution in [-0.2, 0) is 6.42 Å². The van der Waals surface area contributed by atoms with Crippen LogP contribution in [-0.4, -0.2) is 10.1 Å². The van der Waals surface area contributed by atoms with Crippen LogP contribution in [0.15, 0.2) is 12.1 Å². The van der Waals surface area contributed by atoms with E-state index in [1.54, 1.807) is 12.1 Å². The lowest BCUT2D eigenvalue weighted by molar-refractivity contribution is 0.473. The van der Waals surface area contributed by atoms with Crippen LogP contribution < -0.4 is 5.73 Å². The van der Waals surface area contributed by atoms with E-state index in [0.29, 0.717) is 16.7 Å². The first-order valence-electron chi connectivity index (χ1n) is 5.47. The first-order chi connectivity index (χ1) is 7.40. The summed E-state index contributed by atoms with van der Waals surface area (Å²) in [7, 11) is 0. The van der Waals surface area contributed by atoms with E-state index < -0.39 is 0 Å². The van der Waals surface area contributed by atoms with Crippen LogP contribution in [0.25, 0.3) is 0 Å². The Hall–Kier alpha value is -1.09. The van der Waals surface area contributed by atoms with Gasteiger partial charge in [-0.25, -0.2) is 0 Å². The van der Waals surface area contributed by atoms with Crippen LogP contribution in [0, 0.1) is 19.8 Å². The fourth-order valence-electron chi connectivity index (χ4n) is 2.06. The molecule has 0 aliphatic rings. The molecule has 1 aromatic carbocycles. The van der Waals surface area contributed by atoms with Crippen molar-refractivity contribution in [3.8, 4) is 5.75 Å². The molecule has 0 aromatic heterocycles. The molecule has 0 spiro atoms. The van der Waals surface area contributed by atoms with Gasteiger partial charge in [-0.1, -0.05) is 19.1 Å². The summed E-state index contributed by atoms with van der Waals surface area (Å²) in [6, 6.07) is 3.60. The van der Waals surface area contributed by atoms with E-state index in [9.17, 15) is 5.11 Å². The third-order valence-corrected chi connectivity index (χ3v) is 2.95. The lowest BCUT2D eigenvalue weighted by Crippen LogP contribution is -2.14. The van der Waals surface area contributed by atoms with Gasteiger partial charge >= 0.3 is 0 Å². The standard InChI is InChI=1S/C13H19NOS/c1-8(5-13(14)16)4-12-9(2)6-11(15)7-10(12)3/h6-8,15H,4-5H2,1-3H3,(H2,14,16). The van der Waals surface area contributed by atoms with E-state index in [1.165, 1.54) is 5.56 Å². The molecule has 2 nitrogen and oxygen atoms in total. The summed E-state index contributed by atoms with van der Waals surface area (Å²) in [5.41, 5.74) is 9.10. The molecule has 0 saturated heterocycles. The van der Waals surface area contributed by atoms with Gasteiger partial charge in [0.2, 0.25) is 0 Å². The lowest BCUT2D eigenvalue weighted by atomic mass is 9.92. The number of thiocarbonyl (C=S) groups is 1. The SMILES string of the molecule is Cc1cc(O)cc(C)c1CC(C)CC(N)=S. The van der Waals surface area contributed by atoms with Gasteiger partial charge in [-0.2, -0.15) is 0 Å². The summed E-state index contributed by atoms with van der Waals surface area (Å²) in [6.07, 6.45) is 1.73.